The molecular weight excluding hydrogens is 212 g/mol. The van der Waals surface area contributed by atoms with Crippen LogP contribution in [0.3, 0.4) is 0 Å². The average molecular weight is 234 g/mol. The number of amidine groups is 1. The number of hydrogen-bond donors (Lipinski definition) is 2. The molecule has 1 rings (SSSR count). The van der Waals surface area contributed by atoms with Gasteiger partial charge in [-0.25, -0.2) is 0 Å². The van der Waals surface area contributed by atoms with E-state index in [1.807, 2.05) is 30.3 Å². The first kappa shape index (κ1) is 13.7. The molecule has 1 atom stereocenters. The SMILES string of the molecule is CCC(C)(C)OC(CC(=N)N)c1ccccc1. The van der Waals surface area contributed by atoms with Gasteiger partial charge in [0.05, 0.1) is 17.5 Å². The lowest BCUT2D eigenvalue weighted by Gasteiger charge is -2.30. The molecule has 0 radical (unpaired) electrons. The summed E-state index contributed by atoms with van der Waals surface area (Å²) in [4.78, 5) is 0. The lowest BCUT2D eigenvalue weighted by Crippen LogP contribution is -2.28. The summed E-state index contributed by atoms with van der Waals surface area (Å²) in [5.74, 6) is 0.158. The Kier molecular flexibility index (Phi) is 4.70. The van der Waals surface area contributed by atoms with Crippen molar-refractivity contribution >= 4 is 5.84 Å². The van der Waals surface area contributed by atoms with Gasteiger partial charge in [0.1, 0.15) is 0 Å². The highest BCUT2D eigenvalue weighted by molar-refractivity contribution is 5.77. The molecule has 1 unspecified atom stereocenters. The Labute approximate surface area is 103 Å². The third kappa shape index (κ3) is 4.57. The maximum absolute atomic E-state index is 7.44. The van der Waals surface area contributed by atoms with Gasteiger partial charge in [0, 0.05) is 6.42 Å². The third-order valence-electron chi connectivity index (χ3n) is 2.89. The van der Waals surface area contributed by atoms with Crippen LogP contribution in [0.15, 0.2) is 30.3 Å². The van der Waals surface area contributed by atoms with Gasteiger partial charge in [-0.3, -0.25) is 5.41 Å². The maximum atomic E-state index is 7.44. The summed E-state index contributed by atoms with van der Waals surface area (Å²) in [7, 11) is 0. The van der Waals surface area contributed by atoms with Gasteiger partial charge in [-0.05, 0) is 25.8 Å². The monoisotopic (exact) mass is 234 g/mol. The van der Waals surface area contributed by atoms with E-state index in [1.165, 1.54) is 0 Å². The van der Waals surface area contributed by atoms with Gasteiger partial charge in [0.15, 0.2) is 0 Å². The number of nitrogens with two attached hydrogens (primary N) is 1. The standard InChI is InChI=1S/C14H22N2O/c1-4-14(2,3)17-12(10-13(15)16)11-8-6-5-7-9-11/h5-9,12H,4,10H2,1-3H3,(H3,15,16). The molecule has 0 bridgehead atoms. The first-order valence-electron chi connectivity index (χ1n) is 6.00. The smallest absolute Gasteiger partial charge is 0.0934 e. The molecule has 17 heavy (non-hydrogen) atoms. The Morgan fingerprint density at radius 3 is 2.41 bits per heavy atom. The molecule has 3 heteroatoms. The van der Waals surface area contributed by atoms with Crippen molar-refractivity contribution in [3.05, 3.63) is 35.9 Å². The van der Waals surface area contributed by atoms with E-state index in [2.05, 4.69) is 20.8 Å². The summed E-state index contributed by atoms with van der Waals surface area (Å²) in [6, 6.07) is 9.95. The quantitative estimate of drug-likeness (QED) is 0.586. The van der Waals surface area contributed by atoms with Crippen LogP contribution >= 0.6 is 0 Å². The molecule has 94 valence electrons. The van der Waals surface area contributed by atoms with Crippen molar-refractivity contribution in [2.45, 2.75) is 45.3 Å². The number of rotatable bonds is 6. The van der Waals surface area contributed by atoms with Gasteiger partial charge >= 0.3 is 0 Å². The Bertz CT molecular complexity index is 360. The predicted octanol–water partition coefficient (Wildman–Crippen LogP) is 3.26. The molecule has 0 aromatic heterocycles. The fourth-order valence-electron chi connectivity index (χ4n) is 1.56. The molecule has 0 saturated heterocycles. The normalized spacial score (nSPS) is 13.4. The molecule has 1 aromatic carbocycles. The summed E-state index contributed by atoms with van der Waals surface area (Å²) in [5.41, 5.74) is 6.37. The van der Waals surface area contributed by atoms with E-state index in [4.69, 9.17) is 15.9 Å². The van der Waals surface area contributed by atoms with Crippen molar-refractivity contribution in [3.63, 3.8) is 0 Å². The van der Waals surface area contributed by atoms with Crippen LogP contribution in [0.5, 0.6) is 0 Å². The zero-order valence-electron chi connectivity index (χ0n) is 10.9. The first-order valence-corrected chi connectivity index (χ1v) is 6.00. The van der Waals surface area contributed by atoms with Crippen LogP contribution < -0.4 is 5.73 Å². The fourth-order valence-corrected chi connectivity index (χ4v) is 1.56. The summed E-state index contributed by atoms with van der Waals surface area (Å²) in [6.07, 6.45) is 1.23. The third-order valence-corrected chi connectivity index (χ3v) is 2.89. The molecule has 0 fully saturated rings. The van der Waals surface area contributed by atoms with E-state index in [1.54, 1.807) is 0 Å². The van der Waals surface area contributed by atoms with Crippen LogP contribution in [0.1, 0.15) is 45.3 Å². The van der Waals surface area contributed by atoms with Crippen LogP contribution in [0.4, 0.5) is 0 Å². The minimum Gasteiger partial charge on any atom is -0.388 e. The number of benzene rings is 1. The molecule has 0 aliphatic rings. The van der Waals surface area contributed by atoms with E-state index < -0.39 is 0 Å². The van der Waals surface area contributed by atoms with Gasteiger partial charge in [0.2, 0.25) is 0 Å². The lowest BCUT2D eigenvalue weighted by molar-refractivity contribution is -0.0724. The van der Waals surface area contributed by atoms with Crippen LogP contribution in [0, 0.1) is 5.41 Å². The predicted molar refractivity (Wildman–Crippen MR) is 71.2 cm³/mol. The van der Waals surface area contributed by atoms with E-state index in [9.17, 15) is 0 Å². The Morgan fingerprint density at radius 1 is 1.35 bits per heavy atom. The molecular formula is C14H22N2O. The summed E-state index contributed by atoms with van der Waals surface area (Å²) >= 11 is 0. The zero-order chi connectivity index (χ0) is 12.9. The summed E-state index contributed by atoms with van der Waals surface area (Å²) in [6.45, 7) is 6.21. The zero-order valence-corrected chi connectivity index (χ0v) is 10.9. The van der Waals surface area contributed by atoms with Crippen molar-refractivity contribution in [1.29, 1.82) is 5.41 Å². The maximum Gasteiger partial charge on any atom is 0.0934 e. The molecule has 0 amide bonds. The van der Waals surface area contributed by atoms with Crippen LogP contribution in [0.25, 0.3) is 0 Å². The largest absolute Gasteiger partial charge is 0.388 e. The molecule has 0 aliphatic heterocycles. The van der Waals surface area contributed by atoms with Crippen molar-refractivity contribution in [3.8, 4) is 0 Å². The van der Waals surface area contributed by atoms with Crippen molar-refractivity contribution < 1.29 is 4.74 Å². The molecule has 0 spiro atoms. The van der Waals surface area contributed by atoms with Gasteiger partial charge < -0.3 is 10.5 Å². The van der Waals surface area contributed by atoms with Crippen molar-refractivity contribution in [2.24, 2.45) is 5.73 Å². The van der Waals surface area contributed by atoms with E-state index in [-0.39, 0.29) is 17.5 Å². The molecule has 1 aromatic rings. The summed E-state index contributed by atoms with van der Waals surface area (Å²) in [5, 5.41) is 7.44. The topological polar surface area (TPSA) is 59.1 Å². The van der Waals surface area contributed by atoms with Gasteiger partial charge in [-0.1, -0.05) is 37.3 Å². The summed E-state index contributed by atoms with van der Waals surface area (Å²) < 4.78 is 6.06. The fraction of sp³-hybridized carbons (Fsp3) is 0.500. The van der Waals surface area contributed by atoms with Crippen molar-refractivity contribution in [2.75, 3.05) is 0 Å². The highest BCUT2D eigenvalue weighted by atomic mass is 16.5. The molecule has 3 nitrogen and oxygen atoms in total. The van der Waals surface area contributed by atoms with Gasteiger partial charge in [-0.15, -0.1) is 0 Å². The Morgan fingerprint density at radius 2 is 1.94 bits per heavy atom. The number of ether oxygens (including phenoxy) is 1. The molecule has 0 aliphatic carbocycles. The first-order chi connectivity index (χ1) is 7.94. The molecule has 0 heterocycles. The van der Waals surface area contributed by atoms with Gasteiger partial charge in [0.25, 0.3) is 0 Å². The molecule has 3 N–H and O–H groups in total. The minimum absolute atomic E-state index is 0.136. The highest BCUT2D eigenvalue weighted by Gasteiger charge is 2.23. The van der Waals surface area contributed by atoms with Crippen LogP contribution in [-0.4, -0.2) is 11.4 Å². The Hall–Kier alpha value is -1.35. The second kappa shape index (κ2) is 5.82. The number of hydrogen-bond acceptors (Lipinski definition) is 2. The van der Waals surface area contributed by atoms with E-state index in [0.29, 0.717) is 6.42 Å². The van der Waals surface area contributed by atoms with Crippen molar-refractivity contribution in [1.82, 2.24) is 0 Å². The second-order valence-electron chi connectivity index (χ2n) is 4.86. The van der Waals surface area contributed by atoms with E-state index in [0.717, 1.165) is 12.0 Å². The lowest BCUT2D eigenvalue weighted by atomic mass is 10.0. The average Bonchev–Trinajstić information content (AvgIpc) is 2.28. The Balaban J connectivity index is 2.85. The molecule has 0 saturated carbocycles. The van der Waals surface area contributed by atoms with E-state index >= 15 is 0 Å². The number of nitrogens with one attached hydrogen (secondary N) is 1. The van der Waals surface area contributed by atoms with Crippen LogP contribution in [0.2, 0.25) is 0 Å². The minimum atomic E-state index is -0.198. The van der Waals surface area contributed by atoms with Gasteiger partial charge in [-0.2, -0.15) is 0 Å². The highest BCUT2D eigenvalue weighted by Crippen LogP contribution is 2.28. The second-order valence-corrected chi connectivity index (χ2v) is 4.86. The van der Waals surface area contributed by atoms with Crippen LogP contribution in [-0.2, 0) is 4.74 Å².